The monoisotopic (exact) mass is 298 g/mol. The van der Waals surface area contributed by atoms with Crippen molar-refractivity contribution >= 4 is 17.5 Å². The number of amides is 2. The summed E-state index contributed by atoms with van der Waals surface area (Å²) in [6, 6.07) is 8.11. The predicted octanol–water partition coefficient (Wildman–Crippen LogP) is 2.37. The summed E-state index contributed by atoms with van der Waals surface area (Å²) in [4.78, 5) is 29.7. The Kier molecular flexibility index (Phi) is 3.21. The number of carbonyl (C=O) groups excluding carboxylic acids is 2. The quantitative estimate of drug-likeness (QED) is 0.787. The SMILES string of the molecule is O=C(N1CCCC1)C1(C(=O)N2CCCc3ccccc32)CC1. The van der Waals surface area contributed by atoms with Crippen molar-refractivity contribution in [3.8, 4) is 0 Å². The van der Waals surface area contributed by atoms with Gasteiger partial charge in [-0.05, 0) is 50.2 Å². The molecular weight excluding hydrogens is 276 g/mol. The van der Waals surface area contributed by atoms with Crippen LogP contribution in [0.25, 0.3) is 0 Å². The number of nitrogens with zero attached hydrogens (tertiary/aromatic N) is 2. The summed E-state index contributed by atoms with van der Waals surface area (Å²) in [7, 11) is 0. The van der Waals surface area contributed by atoms with Crippen LogP contribution in [0.1, 0.15) is 37.7 Å². The molecule has 1 saturated heterocycles. The van der Waals surface area contributed by atoms with Crippen molar-refractivity contribution in [1.82, 2.24) is 4.90 Å². The highest BCUT2D eigenvalue weighted by molar-refractivity contribution is 6.14. The fourth-order valence-electron chi connectivity index (χ4n) is 3.87. The van der Waals surface area contributed by atoms with E-state index in [0.717, 1.165) is 63.8 Å². The molecular formula is C18H22N2O2. The molecule has 0 radical (unpaired) electrons. The van der Waals surface area contributed by atoms with Gasteiger partial charge in [0.1, 0.15) is 5.41 Å². The van der Waals surface area contributed by atoms with Crippen molar-refractivity contribution in [1.29, 1.82) is 0 Å². The smallest absolute Gasteiger partial charge is 0.242 e. The number of aryl methyl sites for hydroxylation is 1. The second-order valence-corrected chi connectivity index (χ2v) is 6.77. The van der Waals surface area contributed by atoms with Gasteiger partial charge < -0.3 is 9.80 Å². The third-order valence-corrected chi connectivity index (χ3v) is 5.32. The maximum absolute atomic E-state index is 13.1. The number of likely N-dealkylation sites (tertiary alicyclic amines) is 1. The van der Waals surface area contributed by atoms with E-state index < -0.39 is 5.41 Å². The topological polar surface area (TPSA) is 40.6 Å². The van der Waals surface area contributed by atoms with Crippen LogP contribution in [0.3, 0.4) is 0 Å². The Hall–Kier alpha value is -1.84. The van der Waals surface area contributed by atoms with Crippen LogP contribution in [0, 0.1) is 5.41 Å². The van der Waals surface area contributed by atoms with Crippen molar-refractivity contribution in [2.45, 2.75) is 38.5 Å². The van der Waals surface area contributed by atoms with E-state index in [1.165, 1.54) is 5.56 Å². The molecule has 0 bridgehead atoms. The van der Waals surface area contributed by atoms with Gasteiger partial charge in [0.2, 0.25) is 11.8 Å². The van der Waals surface area contributed by atoms with Crippen LogP contribution in [-0.2, 0) is 16.0 Å². The lowest BCUT2D eigenvalue weighted by atomic mass is 9.97. The van der Waals surface area contributed by atoms with Gasteiger partial charge in [0.15, 0.2) is 0 Å². The maximum atomic E-state index is 13.1. The maximum Gasteiger partial charge on any atom is 0.242 e. The van der Waals surface area contributed by atoms with Crippen LogP contribution in [0.15, 0.2) is 24.3 Å². The largest absolute Gasteiger partial charge is 0.342 e. The fourth-order valence-corrected chi connectivity index (χ4v) is 3.87. The highest BCUT2D eigenvalue weighted by atomic mass is 16.2. The third-order valence-electron chi connectivity index (χ3n) is 5.32. The van der Waals surface area contributed by atoms with Crippen LogP contribution in [0.2, 0.25) is 0 Å². The zero-order chi connectivity index (χ0) is 15.2. The molecule has 4 rings (SSSR count). The minimum Gasteiger partial charge on any atom is -0.342 e. The Labute approximate surface area is 131 Å². The molecule has 4 nitrogen and oxygen atoms in total. The Morgan fingerprint density at radius 2 is 1.64 bits per heavy atom. The van der Waals surface area contributed by atoms with Gasteiger partial charge in [-0.1, -0.05) is 18.2 Å². The van der Waals surface area contributed by atoms with Crippen molar-refractivity contribution < 1.29 is 9.59 Å². The van der Waals surface area contributed by atoms with Gasteiger partial charge in [-0.15, -0.1) is 0 Å². The van der Waals surface area contributed by atoms with Gasteiger partial charge in [-0.3, -0.25) is 9.59 Å². The number of fused-ring (bicyclic) bond motifs is 1. The molecule has 2 heterocycles. The molecule has 1 aromatic carbocycles. The minimum absolute atomic E-state index is 0.0385. The van der Waals surface area contributed by atoms with E-state index in [1.807, 2.05) is 28.0 Å². The zero-order valence-electron chi connectivity index (χ0n) is 12.9. The number of carbonyl (C=O) groups is 2. The second kappa shape index (κ2) is 5.11. The Bertz CT molecular complexity index is 615. The number of para-hydroxylation sites is 1. The summed E-state index contributed by atoms with van der Waals surface area (Å²) in [6.45, 7) is 2.39. The van der Waals surface area contributed by atoms with Gasteiger partial charge in [0.25, 0.3) is 0 Å². The van der Waals surface area contributed by atoms with Crippen LogP contribution >= 0.6 is 0 Å². The van der Waals surface area contributed by atoms with Gasteiger partial charge in [0.05, 0.1) is 0 Å². The highest BCUT2D eigenvalue weighted by Gasteiger charge is 2.59. The van der Waals surface area contributed by atoms with Crippen molar-refractivity contribution in [2.75, 3.05) is 24.5 Å². The zero-order valence-corrected chi connectivity index (χ0v) is 12.9. The van der Waals surface area contributed by atoms with Gasteiger partial charge in [0, 0.05) is 25.3 Å². The van der Waals surface area contributed by atoms with Crippen LogP contribution < -0.4 is 4.90 Å². The molecule has 3 aliphatic rings. The minimum atomic E-state index is -0.741. The lowest BCUT2D eigenvalue weighted by Gasteiger charge is -2.33. The van der Waals surface area contributed by atoms with E-state index in [0.29, 0.717) is 0 Å². The molecule has 0 spiro atoms. The number of rotatable bonds is 2. The average Bonchev–Trinajstić information content (AvgIpc) is 3.19. The molecule has 4 heteroatoms. The standard InChI is InChI=1S/C18H22N2O2/c21-16(19-11-3-4-12-19)18(9-10-18)17(22)20-13-5-7-14-6-1-2-8-15(14)20/h1-2,6,8H,3-5,7,9-13H2. The summed E-state index contributed by atoms with van der Waals surface area (Å²) < 4.78 is 0. The molecule has 1 aromatic rings. The van der Waals surface area contributed by atoms with E-state index in [-0.39, 0.29) is 11.8 Å². The van der Waals surface area contributed by atoms with E-state index in [9.17, 15) is 9.59 Å². The Balaban J connectivity index is 1.61. The van der Waals surface area contributed by atoms with Crippen LogP contribution in [0.5, 0.6) is 0 Å². The van der Waals surface area contributed by atoms with Crippen LogP contribution in [0.4, 0.5) is 5.69 Å². The van der Waals surface area contributed by atoms with Crippen LogP contribution in [-0.4, -0.2) is 36.3 Å². The summed E-state index contributed by atoms with van der Waals surface area (Å²) >= 11 is 0. The van der Waals surface area contributed by atoms with Gasteiger partial charge in [-0.25, -0.2) is 0 Å². The molecule has 22 heavy (non-hydrogen) atoms. The van der Waals surface area contributed by atoms with E-state index in [1.54, 1.807) is 0 Å². The molecule has 0 atom stereocenters. The molecule has 116 valence electrons. The number of hydrogen-bond donors (Lipinski definition) is 0. The van der Waals surface area contributed by atoms with Crippen molar-refractivity contribution in [3.63, 3.8) is 0 Å². The normalized spacial score (nSPS) is 22.4. The van der Waals surface area contributed by atoms with E-state index >= 15 is 0 Å². The first-order valence-corrected chi connectivity index (χ1v) is 8.42. The first kappa shape index (κ1) is 13.8. The Morgan fingerprint density at radius 3 is 2.36 bits per heavy atom. The molecule has 2 amide bonds. The first-order chi connectivity index (χ1) is 10.7. The van der Waals surface area contributed by atoms with E-state index in [2.05, 4.69) is 6.07 Å². The molecule has 1 aliphatic carbocycles. The summed E-state index contributed by atoms with van der Waals surface area (Å²) in [5.41, 5.74) is 1.50. The first-order valence-electron chi connectivity index (χ1n) is 8.42. The number of hydrogen-bond acceptors (Lipinski definition) is 2. The lowest BCUT2D eigenvalue weighted by molar-refractivity contribution is -0.142. The molecule has 1 saturated carbocycles. The Morgan fingerprint density at radius 1 is 0.909 bits per heavy atom. The molecule has 0 aromatic heterocycles. The summed E-state index contributed by atoms with van der Waals surface area (Å²) in [6.07, 6.45) is 5.59. The number of benzene rings is 1. The fraction of sp³-hybridized carbons (Fsp3) is 0.556. The third kappa shape index (κ3) is 2.04. The van der Waals surface area contributed by atoms with Gasteiger partial charge in [-0.2, -0.15) is 0 Å². The van der Waals surface area contributed by atoms with Gasteiger partial charge >= 0.3 is 0 Å². The van der Waals surface area contributed by atoms with E-state index in [4.69, 9.17) is 0 Å². The molecule has 2 fully saturated rings. The molecule has 2 aliphatic heterocycles. The lowest BCUT2D eigenvalue weighted by Crippen LogP contribution is -2.47. The average molecular weight is 298 g/mol. The highest BCUT2D eigenvalue weighted by Crippen LogP contribution is 2.50. The van der Waals surface area contributed by atoms with Crippen molar-refractivity contribution in [3.05, 3.63) is 29.8 Å². The summed E-state index contributed by atoms with van der Waals surface area (Å²) in [5.74, 6) is 0.120. The predicted molar refractivity (Wildman–Crippen MR) is 84.6 cm³/mol. The summed E-state index contributed by atoms with van der Waals surface area (Å²) in [5, 5.41) is 0. The number of anilines is 1. The van der Waals surface area contributed by atoms with Crippen molar-refractivity contribution in [2.24, 2.45) is 5.41 Å². The molecule has 0 N–H and O–H groups in total. The second-order valence-electron chi connectivity index (χ2n) is 6.77. The molecule has 0 unspecified atom stereocenters.